The number of carbonyl (C=O) groups is 2. The van der Waals surface area contributed by atoms with Gasteiger partial charge in [0, 0.05) is 12.1 Å². The van der Waals surface area contributed by atoms with Gasteiger partial charge in [-0.05, 0) is 41.4 Å². The molecule has 4 heteroatoms. The standard InChI is InChI=1S/C21H34N2O2/c1-14(2)12-13-22-20(25)18(15(3)4)23-19(24)16-8-10-17(11-9-16)21(5,6)7/h8-11,14-15,18H,12-13H2,1-7H3,(H,22,25)(H,23,24). The summed E-state index contributed by atoms with van der Waals surface area (Å²) in [6.45, 7) is 15.2. The fourth-order valence-corrected chi connectivity index (χ4v) is 2.48. The van der Waals surface area contributed by atoms with Crippen molar-refractivity contribution in [2.24, 2.45) is 11.8 Å². The van der Waals surface area contributed by atoms with Gasteiger partial charge < -0.3 is 10.6 Å². The Bertz CT molecular complexity index is 569. The van der Waals surface area contributed by atoms with Gasteiger partial charge in [0.1, 0.15) is 6.04 Å². The summed E-state index contributed by atoms with van der Waals surface area (Å²) in [6, 6.07) is 7.07. The fourth-order valence-electron chi connectivity index (χ4n) is 2.48. The number of nitrogens with one attached hydrogen (secondary N) is 2. The second kappa shape index (κ2) is 9.02. The van der Waals surface area contributed by atoms with Crippen molar-refractivity contribution in [1.82, 2.24) is 10.6 Å². The van der Waals surface area contributed by atoms with Crippen LogP contribution in [0.4, 0.5) is 0 Å². The van der Waals surface area contributed by atoms with Gasteiger partial charge >= 0.3 is 0 Å². The summed E-state index contributed by atoms with van der Waals surface area (Å²) < 4.78 is 0. The van der Waals surface area contributed by atoms with Gasteiger partial charge in [-0.15, -0.1) is 0 Å². The molecule has 1 aromatic carbocycles. The van der Waals surface area contributed by atoms with Gasteiger partial charge in [0.05, 0.1) is 0 Å². The molecule has 2 N–H and O–H groups in total. The minimum Gasteiger partial charge on any atom is -0.354 e. The molecule has 0 aromatic heterocycles. The van der Waals surface area contributed by atoms with Crippen LogP contribution < -0.4 is 10.6 Å². The molecule has 1 atom stereocenters. The highest BCUT2D eigenvalue weighted by atomic mass is 16.2. The van der Waals surface area contributed by atoms with Crippen molar-refractivity contribution in [3.05, 3.63) is 35.4 Å². The Morgan fingerprint density at radius 3 is 2.00 bits per heavy atom. The number of rotatable bonds is 7. The minimum absolute atomic E-state index is 0.0249. The molecule has 1 unspecified atom stereocenters. The first-order valence-corrected chi connectivity index (χ1v) is 9.21. The molecule has 0 spiro atoms. The molecule has 2 amide bonds. The van der Waals surface area contributed by atoms with E-state index in [9.17, 15) is 9.59 Å². The molecule has 1 aromatic rings. The van der Waals surface area contributed by atoms with Gasteiger partial charge in [-0.2, -0.15) is 0 Å². The summed E-state index contributed by atoms with van der Waals surface area (Å²) >= 11 is 0. The van der Waals surface area contributed by atoms with Crippen LogP contribution in [-0.4, -0.2) is 24.4 Å². The lowest BCUT2D eigenvalue weighted by Crippen LogP contribution is -2.50. The van der Waals surface area contributed by atoms with Gasteiger partial charge in [-0.3, -0.25) is 9.59 Å². The molecular weight excluding hydrogens is 312 g/mol. The van der Waals surface area contributed by atoms with Gasteiger partial charge in [0.15, 0.2) is 0 Å². The average molecular weight is 347 g/mol. The molecule has 25 heavy (non-hydrogen) atoms. The van der Waals surface area contributed by atoms with Gasteiger partial charge in [0.2, 0.25) is 5.91 Å². The normalized spacial score (nSPS) is 13.0. The summed E-state index contributed by atoms with van der Waals surface area (Å²) in [4.78, 5) is 24.9. The largest absolute Gasteiger partial charge is 0.354 e. The highest BCUT2D eigenvalue weighted by Gasteiger charge is 2.24. The first kappa shape index (κ1) is 21.2. The molecule has 0 radical (unpaired) electrons. The van der Waals surface area contributed by atoms with Crippen LogP contribution in [0.15, 0.2) is 24.3 Å². The van der Waals surface area contributed by atoms with E-state index in [4.69, 9.17) is 0 Å². The number of benzene rings is 1. The lowest BCUT2D eigenvalue weighted by atomic mass is 9.86. The highest BCUT2D eigenvalue weighted by molar-refractivity contribution is 5.97. The lowest BCUT2D eigenvalue weighted by molar-refractivity contribution is -0.123. The Morgan fingerprint density at radius 1 is 1.00 bits per heavy atom. The Labute approximate surface area is 152 Å². The fraction of sp³-hybridized carbons (Fsp3) is 0.619. The number of carbonyl (C=O) groups excluding carboxylic acids is 2. The van der Waals surface area contributed by atoms with Crippen molar-refractivity contribution in [1.29, 1.82) is 0 Å². The molecule has 0 heterocycles. The van der Waals surface area contributed by atoms with Crippen molar-refractivity contribution >= 4 is 11.8 Å². The lowest BCUT2D eigenvalue weighted by Gasteiger charge is -2.22. The number of amides is 2. The van der Waals surface area contributed by atoms with Crippen LogP contribution in [-0.2, 0) is 10.2 Å². The predicted molar refractivity (Wildman–Crippen MR) is 104 cm³/mol. The molecular formula is C21H34N2O2. The molecule has 0 saturated heterocycles. The Balaban J connectivity index is 2.74. The smallest absolute Gasteiger partial charge is 0.251 e. The van der Waals surface area contributed by atoms with Gasteiger partial charge in [-0.25, -0.2) is 0 Å². The van der Waals surface area contributed by atoms with E-state index in [1.165, 1.54) is 5.56 Å². The van der Waals surface area contributed by atoms with E-state index in [1.807, 2.05) is 38.1 Å². The van der Waals surface area contributed by atoms with E-state index in [0.29, 0.717) is 18.0 Å². The molecule has 0 fully saturated rings. The van der Waals surface area contributed by atoms with E-state index in [2.05, 4.69) is 45.3 Å². The maximum Gasteiger partial charge on any atom is 0.251 e. The van der Waals surface area contributed by atoms with Crippen LogP contribution in [0.1, 0.15) is 70.8 Å². The maximum absolute atomic E-state index is 12.5. The van der Waals surface area contributed by atoms with Crippen LogP contribution in [0, 0.1) is 11.8 Å². The topological polar surface area (TPSA) is 58.2 Å². The summed E-state index contributed by atoms with van der Waals surface area (Å²) in [6.07, 6.45) is 0.929. The molecule has 0 saturated carbocycles. The Hall–Kier alpha value is -1.84. The average Bonchev–Trinajstić information content (AvgIpc) is 2.50. The van der Waals surface area contributed by atoms with Crippen molar-refractivity contribution in [2.75, 3.05) is 6.54 Å². The minimum atomic E-state index is -0.526. The summed E-state index contributed by atoms with van der Waals surface area (Å²) in [7, 11) is 0. The molecule has 140 valence electrons. The maximum atomic E-state index is 12.5. The molecule has 0 aliphatic rings. The summed E-state index contributed by atoms with van der Waals surface area (Å²) in [5.74, 6) is 0.235. The van der Waals surface area contributed by atoms with E-state index in [1.54, 1.807) is 0 Å². The first-order chi connectivity index (χ1) is 11.5. The highest BCUT2D eigenvalue weighted by Crippen LogP contribution is 2.22. The third-order valence-electron chi connectivity index (χ3n) is 4.27. The second-order valence-electron chi connectivity index (χ2n) is 8.50. The third-order valence-corrected chi connectivity index (χ3v) is 4.27. The zero-order chi connectivity index (χ0) is 19.2. The van der Waals surface area contributed by atoms with E-state index < -0.39 is 6.04 Å². The van der Waals surface area contributed by atoms with Crippen LogP contribution in [0.2, 0.25) is 0 Å². The molecule has 4 nitrogen and oxygen atoms in total. The van der Waals surface area contributed by atoms with Crippen molar-refractivity contribution in [3.63, 3.8) is 0 Å². The number of hydrogen-bond donors (Lipinski definition) is 2. The van der Waals surface area contributed by atoms with Crippen LogP contribution in [0.25, 0.3) is 0 Å². The second-order valence-corrected chi connectivity index (χ2v) is 8.50. The third kappa shape index (κ3) is 6.89. The van der Waals surface area contributed by atoms with E-state index >= 15 is 0 Å². The Kier molecular flexibility index (Phi) is 7.65. The predicted octanol–water partition coefficient (Wildman–Crippen LogP) is 3.90. The SMILES string of the molecule is CC(C)CCNC(=O)C(NC(=O)c1ccc(C(C)(C)C)cc1)C(C)C. The van der Waals surface area contributed by atoms with Crippen LogP contribution in [0.3, 0.4) is 0 Å². The van der Waals surface area contributed by atoms with Crippen molar-refractivity contribution < 1.29 is 9.59 Å². The van der Waals surface area contributed by atoms with E-state index in [-0.39, 0.29) is 23.1 Å². The zero-order valence-corrected chi connectivity index (χ0v) is 16.8. The van der Waals surface area contributed by atoms with Crippen LogP contribution >= 0.6 is 0 Å². The summed E-state index contributed by atoms with van der Waals surface area (Å²) in [5.41, 5.74) is 1.80. The van der Waals surface area contributed by atoms with Crippen LogP contribution in [0.5, 0.6) is 0 Å². The number of hydrogen-bond acceptors (Lipinski definition) is 2. The monoisotopic (exact) mass is 346 g/mol. The first-order valence-electron chi connectivity index (χ1n) is 9.21. The van der Waals surface area contributed by atoms with Gasteiger partial charge in [0.25, 0.3) is 5.91 Å². The molecule has 0 aliphatic carbocycles. The molecule has 1 rings (SSSR count). The van der Waals surface area contributed by atoms with Crippen molar-refractivity contribution in [3.8, 4) is 0 Å². The van der Waals surface area contributed by atoms with Gasteiger partial charge in [-0.1, -0.05) is 60.6 Å². The van der Waals surface area contributed by atoms with E-state index in [0.717, 1.165) is 6.42 Å². The molecule has 0 aliphatic heterocycles. The molecule has 0 bridgehead atoms. The Morgan fingerprint density at radius 2 is 1.56 bits per heavy atom. The zero-order valence-electron chi connectivity index (χ0n) is 16.8. The summed E-state index contributed by atoms with van der Waals surface area (Å²) in [5, 5.41) is 5.81. The van der Waals surface area contributed by atoms with Crippen molar-refractivity contribution in [2.45, 2.75) is 66.3 Å². The quantitative estimate of drug-likeness (QED) is 0.786.